The molecule has 1 rings (SSSR count). The third-order valence-corrected chi connectivity index (χ3v) is 3.23. The molecule has 0 aliphatic rings. The van der Waals surface area contributed by atoms with Crippen molar-refractivity contribution < 1.29 is 19.3 Å². The zero-order chi connectivity index (χ0) is 16.4. The molecule has 1 aromatic rings. The first-order valence-electron chi connectivity index (χ1n) is 7.77. The van der Waals surface area contributed by atoms with Gasteiger partial charge in [-0.2, -0.15) is 0 Å². The second kappa shape index (κ2) is 10.4. The Hall–Kier alpha value is -1.30. The van der Waals surface area contributed by atoms with E-state index in [0.29, 0.717) is 24.1 Å². The van der Waals surface area contributed by atoms with Crippen LogP contribution in [0.3, 0.4) is 0 Å². The monoisotopic (exact) mass is 311 g/mol. The summed E-state index contributed by atoms with van der Waals surface area (Å²) in [7, 11) is 3.33. The van der Waals surface area contributed by atoms with Crippen molar-refractivity contribution in [2.75, 3.05) is 34.0 Å². The molecule has 0 bridgehead atoms. The topological polar surface area (TPSA) is 60.0 Å². The van der Waals surface area contributed by atoms with Crippen LogP contribution in [0.15, 0.2) is 18.2 Å². The summed E-state index contributed by atoms with van der Waals surface area (Å²) in [6, 6.07) is 6.23. The van der Waals surface area contributed by atoms with Crippen molar-refractivity contribution in [3.63, 3.8) is 0 Å². The molecule has 0 aromatic heterocycles. The molecule has 1 atom stereocenters. The van der Waals surface area contributed by atoms with Gasteiger partial charge in [0.05, 0.1) is 7.11 Å². The Morgan fingerprint density at radius 1 is 1.18 bits per heavy atom. The normalized spacial score (nSPS) is 12.5. The van der Waals surface area contributed by atoms with Crippen LogP contribution in [0.4, 0.5) is 0 Å². The lowest BCUT2D eigenvalue weighted by atomic mass is 10.1. The zero-order valence-corrected chi connectivity index (χ0v) is 14.1. The van der Waals surface area contributed by atoms with Gasteiger partial charge in [0.1, 0.15) is 12.7 Å². The molecule has 5 nitrogen and oxygen atoms in total. The lowest BCUT2D eigenvalue weighted by Gasteiger charge is -2.17. The van der Waals surface area contributed by atoms with E-state index in [1.807, 2.05) is 32.0 Å². The standard InChI is InChI=1S/C17H29NO4/c1-13(2)18-11-15(19)12-22-16-8-7-14(6-5-9-20-3)10-17(16)21-4/h7-8,10,13,15,18-19H,5-6,9,11-12H2,1-4H3. The molecule has 126 valence electrons. The summed E-state index contributed by atoms with van der Waals surface area (Å²) in [5.41, 5.74) is 1.18. The maximum absolute atomic E-state index is 9.88. The van der Waals surface area contributed by atoms with E-state index in [9.17, 15) is 5.11 Å². The summed E-state index contributed by atoms with van der Waals surface area (Å²) in [5.74, 6) is 1.35. The molecule has 1 unspecified atom stereocenters. The van der Waals surface area contributed by atoms with Gasteiger partial charge in [0.15, 0.2) is 11.5 Å². The molecule has 0 fully saturated rings. The summed E-state index contributed by atoms with van der Waals surface area (Å²) in [5, 5.41) is 13.1. The highest BCUT2D eigenvalue weighted by Gasteiger charge is 2.10. The maximum atomic E-state index is 9.88. The highest BCUT2D eigenvalue weighted by Crippen LogP contribution is 2.28. The van der Waals surface area contributed by atoms with Gasteiger partial charge in [-0.15, -0.1) is 0 Å². The average molecular weight is 311 g/mol. The second-order valence-electron chi connectivity index (χ2n) is 5.61. The summed E-state index contributed by atoms with van der Waals surface area (Å²) in [6.07, 6.45) is 1.36. The van der Waals surface area contributed by atoms with Gasteiger partial charge in [-0.1, -0.05) is 19.9 Å². The third-order valence-electron chi connectivity index (χ3n) is 3.23. The number of nitrogens with one attached hydrogen (secondary N) is 1. The summed E-state index contributed by atoms with van der Waals surface area (Å²) >= 11 is 0. The van der Waals surface area contributed by atoms with Crippen LogP contribution in [0.2, 0.25) is 0 Å². The van der Waals surface area contributed by atoms with Crippen LogP contribution in [0.1, 0.15) is 25.8 Å². The van der Waals surface area contributed by atoms with Crippen LogP contribution in [0.25, 0.3) is 0 Å². The smallest absolute Gasteiger partial charge is 0.161 e. The molecule has 0 heterocycles. The van der Waals surface area contributed by atoms with Crippen LogP contribution in [0, 0.1) is 0 Å². The first-order valence-corrected chi connectivity index (χ1v) is 7.77. The van der Waals surface area contributed by atoms with E-state index >= 15 is 0 Å². The summed E-state index contributed by atoms with van der Waals surface area (Å²) in [6.45, 7) is 5.57. The van der Waals surface area contributed by atoms with Gasteiger partial charge in [0, 0.05) is 26.3 Å². The van der Waals surface area contributed by atoms with Gasteiger partial charge in [0.2, 0.25) is 0 Å². The Bertz CT molecular complexity index is 423. The molecule has 0 radical (unpaired) electrons. The molecule has 0 spiro atoms. The number of aliphatic hydroxyl groups excluding tert-OH is 1. The Labute approximate surface area is 133 Å². The number of hydrogen-bond acceptors (Lipinski definition) is 5. The quantitative estimate of drug-likeness (QED) is 0.612. The lowest BCUT2D eigenvalue weighted by Crippen LogP contribution is -2.35. The van der Waals surface area contributed by atoms with Crippen molar-refractivity contribution in [2.24, 2.45) is 0 Å². The number of hydrogen-bond donors (Lipinski definition) is 2. The Morgan fingerprint density at radius 3 is 2.59 bits per heavy atom. The van der Waals surface area contributed by atoms with Crippen LogP contribution in [-0.4, -0.2) is 51.2 Å². The molecule has 0 saturated carbocycles. The molecule has 5 heteroatoms. The van der Waals surface area contributed by atoms with Crippen molar-refractivity contribution in [3.05, 3.63) is 23.8 Å². The molecule has 0 aliphatic heterocycles. The van der Waals surface area contributed by atoms with Gasteiger partial charge < -0.3 is 24.6 Å². The molecule has 22 heavy (non-hydrogen) atoms. The van der Waals surface area contributed by atoms with Gasteiger partial charge in [0.25, 0.3) is 0 Å². The number of aryl methyl sites for hydroxylation is 1. The van der Waals surface area contributed by atoms with Crippen LogP contribution in [-0.2, 0) is 11.2 Å². The minimum absolute atomic E-state index is 0.235. The SMILES string of the molecule is COCCCc1ccc(OCC(O)CNC(C)C)c(OC)c1. The van der Waals surface area contributed by atoms with Gasteiger partial charge >= 0.3 is 0 Å². The van der Waals surface area contributed by atoms with E-state index in [2.05, 4.69) is 5.32 Å². The minimum Gasteiger partial charge on any atom is -0.493 e. The highest BCUT2D eigenvalue weighted by molar-refractivity contribution is 5.43. The second-order valence-corrected chi connectivity index (χ2v) is 5.61. The van der Waals surface area contributed by atoms with Crippen molar-refractivity contribution in [1.82, 2.24) is 5.32 Å². The lowest BCUT2D eigenvalue weighted by molar-refractivity contribution is 0.103. The number of methoxy groups -OCH3 is 2. The molecule has 0 aliphatic carbocycles. The Kier molecular flexibility index (Phi) is 8.89. The van der Waals surface area contributed by atoms with E-state index in [4.69, 9.17) is 14.2 Å². The number of rotatable bonds is 11. The van der Waals surface area contributed by atoms with Crippen LogP contribution < -0.4 is 14.8 Å². The Morgan fingerprint density at radius 2 is 1.95 bits per heavy atom. The molecule has 0 saturated heterocycles. The van der Waals surface area contributed by atoms with Gasteiger partial charge in [-0.3, -0.25) is 0 Å². The third kappa shape index (κ3) is 7.11. The molecule has 0 amide bonds. The molecular formula is C17H29NO4. The van der Waals surface area contributed by atoms with Crippen molar-refractivity contribution >= 4 is 0 Å². The zero-order valence-electron chi connectivity index (χ0n) is 14.1. The van der Waals surface area contributed by atoms with E-state index < -0.39 is 6.10 Å². The minimum atomic E-state index is -0.548. The molecule has 1 aromatic carbocycles. The number of ether oxygens (including phenoxy) is 3. The van der Waals surface area contributed by atoms with Gasteiger partial charge in [-0.25, -0.2) is 0 Å². The van der Waals surface area contributed by atoms with Crippen LogP contribution >= 0.6 is 0 Å². The fraction of sp³-hybridized carbons (Fsp3) is 0.647. The predicted molar refractivity (Wildman–Crippen MR) is 87.8 cm³/mol. The number of aliphatic hydroxyl groups is 1. The molecular weight excluding hydrogens is 282 g/mol. The maximum Gasteiger partial charge on any atom is 0.161 e. The fourth-order valence-electron chi connectivity index (χ4n) is 2.02. The Balaban J connectivity index is 2.51. The van der Waals surface area contributed by atoms with Crippen molar-refractivity contribution in [2.45, 2.75) is 38.8 Å². The molecule has 2 N–H and O–H groups in total. The van der Waals surface area contributed by atoms with Gasteiger partial charge in [-0.05, 0) is 30.5 Å². The predicted octanol–water partition coefficient (Wildman–Crippen LogP) is 2.01. The van der Waals surface area contributed by atoms with E-state index in [1.165, 1.54) is 5.56 Å². The summed E-state index contributed by atoms with van der Waals surface area (Å²) < 4.78 is 16.1. The number of benzene rings is 1. The first-order chi connectivity index (χ1) is 10.6. The van der Waals surface area contributed by atoms with E-state index in [0.717, 1.165) is 19.4 Å². The van der Waals surface area contributed by atoms with E-state index in [-0.39, 0.29) is 6.61 Å². The highest BCUT2D eigenvalue weighted by atomic mass is 16.5. The first kappa shape index (κ1) is 18.7. The summed E-state index contributed by atoms with van der Waals surface area (Å²) in [4.78, 5) is 0. The van der Waals surface area contributed by atoms with E-state index in [1.54, 1.807) is 14.2 Å². The van der Waals surface area contributed by atoms with Crippen molar-refractivity contribution in [3.8, 4) is 11.5 Å². The van der Waals surface area contributed by atoms with Crippen LogP contribution in [0.5, 0.6) is 11.5 Å². The van der Waals surface area contributed by atoms with Crippen molar-refractivity contribution in [1.29, 1.82) is 0 Å². The largest absolute Gasteiger partial charge is 0.493 e. The fourth-order valence-corrected chi connectivity index (χ4v) is 2.02. The average Bonchev–Trinajstić information content (AvgIpc) is 2.51.